The van der Waals surface area contributed by atoms with Gasteiger partial charge in [0.1, 0.15) is 0 Å². The molecule has 0 aromatic carbocycles. The molecule has 0 bridgehead atoms. The van der Waals surface area contributed by atoms with E-state index in [1.807, 2.05) is 7.05 Å². The van der Waals surface area contributed by atoms with Gasteiger partial charge in [0.15, 0.2) is 5.96 Å². The Balaban J connectivity index is 1.89. The first-order valence-electron chi connectivity index (χ1n) is 6.73. The molecule has 1 saturated carbocycles. The van der Waals surface area contributed by atoms with Crippen molar-refractivity contribution in [1.29, 1.82) is 0 Å². The predicted molar refractivity (Wildman–Crippen MR) is 83.2 cm³/mol. The van der Waals surface area contributed by atoms with Crippen LogP contribution in [0.25, 0.3) is 0 Å². The second-order valence-electron chi connectivity index (χ2n) is 5.52. The van der Waals surface area contributed by atoms with Crippen LogP contribution in [0.15, 0.2) is 21.7 Å². The fraction of sp³-hybridized carbons (Fsp3) is 0.643. The van der Waals surface area contributed by atoms with Gasteiger partial charge in [0.2, 0.25) is 0 Å². The summed E-state index contributed by atoms with van der Waals surface area (Å²) < 4.78 is 3.25. The third kappa shape index (κ3) is 3.75. The summed E-state index contributed by atoms with van der Waals surface area (Å²) in [5.41, 5.74) is 1.26. The van der Waals surface area contributed by atoms with Crippen LogP contribution in [0.2, 0.25) is 0 Å². The van der Waals surface area contributed by atoms with Gasteiger partial charge in [-0.25, -0.2) is 0 Å². The Kier molecular flexibility index (Phi) is 4.55. The molecule has 4 nitrogen and oxygen atoms in total. The highest BCUT2D eigenvalue weighted by Crippen LogP contribution is 2.36. The first kappa shape index (κ1) is 14.4. The molecule has 5 heteroatoms. The molecule has 1 aliphatic rings. The molecule has 1 N–H and O–H groups in total. The van der Waals surface area contributed by atoms with Gasteiger partial charge in [-0.1, -0.05) is 6.92 Å². The zero-order chi connectivity index (χ0) is 14.0. The van der Waals surface area contributed by atoms with Gasteiger partial charge in [-0.2, -0.15) is 0 Å². The van der Waals surface area contributed by atoms with Crippen molar-refractivity contribution in [2.24, 2.45) is 23.9 Å². The quantitative estimate of drug-likeness (QED) is 0.681. The van der Waals surface area contributed by atoms with Crippen molar-refractivity contribution in [2.75, 3.05) is 20.6 Å². The molecule has 0 spiro atoms. The van der Waals surface area contributed by atoms with Crippen LogP contribution >= 0.6 is 15.9 Å². The average Bonchev–Trinajstić information content (AvgIpc) is 2.95. The summed E-state index contributed by atoms with van der Waals surface area (Å²) in [7, 11) is 5.98. The van der Waals surface area contributed by atoms with Gasteiger partial charge in [-0.05, 0) is 40.3 Å². The number of nitrogens with one attached hydrogen (secondary N) is 1. The Morgan fingerprint density at radius 1 is 1.63 bits per heavy atom. The lowest BCUT2D eigenvalue weighted by Gasteiger charge is -2.22. The maximum absolute atomic E-state index is 4.36. The van der Waals surface area contributed by atoms with Crippen molar-refractivity contribution in [1.82, 2.24) is 14.8 Å². The molecule has 0 aliphatic heterocycles. The molecule has 1 aromatic rings. The van der Waals surface area contributed by atoms with E-state index in [1.54, 1.807) is 0 Å². The van der Waals surface area contributed by atoms with Crippen LogP contribution in [0.1, 0.15) is 19.0 Å². The number of halogens is 1. The Hall–Kier alpha value is -0.970. The predicted octanol–water partition coefficient (Wildman–Crippen LogP) is 2.45. The van der Waals surface area contributed by atoms with Crippen LogP contribution in [0.4, 0.5) is 0 Å². The molecule has 1 aromatic heterocycles. The standard InChI is InChI=1S/C14H23BrN4/c1-10-5-11(10)7-17-14(16-2)19(4)9-13-6-12(15)8-18(13)3/h6,8,10-11H,5,7,9H2,1-4H3,(H,16,17). The smallest absolute Gasteiger partial charge is 0.193 e. The summed E-state index contributed by atoms with van der Waals surface area (Å²) in [6.45, 7) is 4.19. The van der Waals surface area contributed by atoms with Crippen molar-refractivity contribution >= 4 is 21.9 Å². The third-order valence-corrected chi connectivity index (χ3v) is 4.28. The van der Waals surface area contributed by atoms with Crippen LogP contribution in [-0.2, 0) is 13.6 Å². The largest absolute Gasteiger partial charge is 0.356 e. The normalized spacial score (nSPS) is 22.5. The highest BCUT2D eigenvalue weighted by atomic mass is 79.9. The monoisotopic (exact) mass is 326 g/mol. The van der Waals surface area contributed by atoms with Crippen LogP contribution in [0, 0.1) is 11.8 Å². The van der Waals surface area contributed by atoms with Crippen LogP contribution < -0.4 is 5.32 Å². The molecule has 2 unspecified atom stereocenters. The maximum atomic E-state index is 4.36. The summed E-state index contributed by atoms with van der Waals surface area (Å²) in [6.07, 6.45) is 3.42. The summed E-state index contributed by atoms with van der Waals surface area (Å²) >= 11 is 3.51. The van der Waals surface area contributed by atoms with Crippen LogP contribution in [0.3, 0.4) is 0 Å². The Morgan fingerprint density at radius 3 is 2.79 bits per heavy atom. The lowest BCUT2D eigenvalue weighted by Crippen LogP contribution is -2.39. The molecule has 106 valence electrons. The second-order valence-corrected chi connectivity index (χ2v) is 6.43. The third-order valence-electron chi connectivity index (χ3n) is 3.85. The molecular weight excluding hydrogens is 304 g/mol. The Bertz CT molecular complexity index is 466. The molecule has 1 heterocycles. The molecule has 0 saturated heterocycles. The van der Waals surface area contributed by atoms with Crippen molar-refractivity contribution in [2.45, 2.75) is 19.9 Å². The lowest BCUT2D eigenvalue weighted by atomic mass is 10.3. The lowest BCUT2D eigenvalue weighted by molar-refractivity contribution is 0.459. The Morgan fingerprint density at radius 2 is 2.32 bits per heavy atom. The van der Waals surface area contributed by atoms with Crippen molar-refractivity contribution in [3.63, 3.8) is 0 Å². The highest BCUT2D eigenvalue weighted by molar-refractivity contribution is 9.10. The van der Waals surface area contributed by atoms with Crippen LogP contribution in [-0.4, -0.2) is 36.1 Å². The van der Waals surface area contributed by atoms with Gasteiger partial charge in [0.25, 0.3) is 0 Å². The molecular formula is C14H23BrN4. The van der Waals surface area contributed by atoms with E-state index in [1.165, 1.54) is 12.1 Å². The van der Waals surface area contributed by atoms with E-state index in [9.17, 15) is 0 Å². The molecule has 19 heavy (non-hydrogen) atoms. The minimum atomic E-state index is 0.828. The number of aryl methyl sites for hydroxylation is 1. The molecule has 2 atom stereocenters. The zero-order valence-corrected chi connectivity index (χ0v) is 13.7. The molecule has 0 radical (unpaired) electrons. The summed E-state index contributed by atoms with van der Waals surface area (Å²) in [5, 5.41) is 3.46. The number of guanidine groups is 1. The topological polar surface area (TPSA) is 32.6 Å². The molecule has 2 rings (SSSR count). The first-order valence-corrected chi connectivity index (χ1v) is 7.53. The number of hydrogen-bond donors (Lipinski definition) is 1. The van der Waals surface area contributed by atoms with Gasteiger partial charge < -0.3 is 14.8 Å². The maximum Gasteiger partial charge on any atom is 0.193 e. The second kappa shape index (κ2) is 5.99. The first-order chi connectivity index (χ1) is 9.01. The number of nitrogens with zero attached hydrogens (tertiary/aromatic N) is 3. The number of rotatable bonds is 4. The van der Waals surface area contributed by atoms with Gasteiger partial charge in [-0.3, -0.25) is 4.99 Å². The van der Waals surface area contributed by atoms with E-state index in [0.717, 1.165) is 35.4 Å². The summed E-state index contributed by atoms with van der Waals surface area (Å²) in [4.78, 5) is 6.52. The number of aliphatic imine (C=N–C) groups is 1. The van der Waals surface area contributed by atoms with E-state index >= 15 is 0 Å². The van der Waals surface area contributed by atoms with E-state index in [2.05, 4.69) is 69.0 Å². The van der Waals surface area contributed by atoms with Crippen molar-refractivity contribution in [3.05, 3.63) is 22.4 Å². The van der Waals surface area contributed by atoms with Crippen molar-refractivity contribution < 1.29 is 0 Å². The van der Waals surface area contributed by atoms with Crippen LogP contribution in [0.5, 0.6) is 0 Å². The minimum absolute atomic E-state index is 0.828. The van der Waals surface area contributed by atoms with Crippen molar-refractivity contribution in [3.8, 4) is 0 Å². The fourth-order valence-electron chi connectivity index (χ4n) is 2.33. The van der Waals surface area contributed by atoms with E-state index < -0.39 is 0 Å². The minimum Gasteiger partial charge on any atom is -0.356 e. The fourth-order valence-corrected chi connectivity index (χ4v) is 2.90. The van der Waals surface area contributed by atoms with E-state index in [4.69, 9.17) is 0 Å². The summed E-state index contributed by atoms with van der Waals surface area (Å²) in [6, 6.07) is 2.15. The van der Waals surface area contributed by atoms with Gasteiger partial charge in [0.05, 0.1) is 6.54 Å². The number of hydrogen-bond acceptors (Lipinski definition) is 1. The number of aromatic nitrogens is 1. The SMILES string of the molecule is CN=C(NCC1CC1C)N(C)Cc1cc(Br)cn1C. The van der Waals surface area contributed by atoms with E-state index in [0.29, 0.717) is 0 Å². The molecule has 0 amide bonds. The Labute approximate surface area is 124 Å². The zero-order valence-electron chi connectivity index (χ0n) is 12.2. The summed E-state index contributed by atoms with van der Waals surface area (Å²) in [5.74, 6) is 2.67. The van der Waals surface area contributed by atoms with Gasteiger partial charge in [-0.15, -0.1) is 0 Å². The van der Waals surface area contributed by atoms with Gasteiger partial charge >= 0.3 is 0 Å². The van der Waals surface area contributed by atoms with E-state index in [-0.39, 0.29) is 0 Å². The van der Waals surface area contributed by atoms with Gasteiger partial charge in [0, 0.05) is 44.1 Å². The highest BCUT2D eigenvalue weighted by Gasteiger charge is 2.32. The average molecular weight is 327 g/mol. The molecule has 1 aliphatic carbocycles. The molecule has 1 fully saturated rings.